The van der Waals surface area contributed by atoms with E-state index in [9.17, 15) is 9.59 Å². The second-order valence-electron chi connectivity index (χ2n) is 6.42. The van der Waals surface area contributed by atoms with Crippen LogP contribution in [0.3, 0.4) is 0 Å². The van der Waals surface area contributed by atoms with Gasteiger partial charge in [-0.1, -0.05) is 12.1 Å². The van der Waals surface area contributed by atoms with Gasteiger partial charge in [-0.15, -0.1) is 16.4 Å². The van der Waals surface area contributed by atoms with Gasteiger partial charge in [0.15, 0.2) is 0 Å². The second-order valence-corrected chi connectivity index (χ2v) is 7.25. The summed E-state index contributed by atoms with van der Waals surface area (Å²) in [5.41, 5.74) is 3.05. The summed E-state index contributed by atoms with van der Waals surface area (Å²) in [5, 5.41) is 9.02. The molecule has 0 aliphatic heterocycles. The van der Waals surface area contributed by atoms with Gasteiger partial charge < -0.3 is 9.47 Å². The van der Waals surface area contributed by atoms with Crippen LogP contribution in [0.15, 0.2) is 60.0 Å². The fraction of sp³-hybridized carbons (Fsp3) is 0.0909. The molecule has 0 saturated heterocycles. The van der Waals surface area contributed by atoms with E-state index in [1.54, 1.807) is 42.0 Å². The predicted molar refractivity (Wildman–Crippen MR) is 118 cm³/mol. The Bertz CT molecular complexity index is 1260. The highest BCUT2D eigenvalue weighted by Gasteiger charge is 2.13. The van der Waals surface area contributed by atoms with Crippen LogP contribution in [0, 0.1) is 0 Å². The Morgan fingerprint density at radius 3 is 2.48 bits per heavy atom. The Morgan fingerprint density at radius 1 is 1.06 bits per heavy atom. The number of nitrogens with one attached hydrogen (secondary N) is 1. The third-order valence-electron chi connectivity index (χ3n) is 4.46. The van der Waals surface area contributed by atoms with E-state index in [2.05, 4.69) is 20.1 Å². The summed E-state index contributed by atoms with van der Waals surface area (Å²) in [7, 11) is 2.95. The molecule has 2 aromatic heterocycles. The number of anilines is 1. The summed E-state index contributed by atoms with van der Waals surface area (Å²) in [6.45, 7) is 0. The molecule has 0 atom stereocenters. The molecule has 156 valence electrons. The molecule has 0 fully saturated rings. The number of hydrogen-bond donors (Lipinski definition) is 1. The molecule has 0 saturated carbocycles. The number of amides is 1. The molecular formula is C22H18N4O4S. The molecule has 2 aromatic carbocycles. The number of esters is 1. The highest BCUT2D eigenvalue weighted by atomic mass is 32.1. The van der Waals surface area contributed by atoms with Crippen molar-refractivity contribution in [2.24, 2.45) is 0 Å². The summed E-state index contributed by atoms with van der Waals surface area (Å²) in [5.74, 6) is 0.222. The highest BCUT2D eigenvalue weighted by molar-refractivity contribution is 7.15. The van der Waals surface area contributed by atoms with Crippen molar-refractivity contribution in [1.29, 1.82) is 0 Å². The molecule has 0 radical (unpaired) electrons. The van der Waals surface area contributed by atoms with Crippen molar-refractivity contribution in [3.63, 3.8) is 0 Å². The van der Waals surface area contributed by atoms with Crippen LogP contribution in [0.5, 0.6) is 5.75 Å². The maximum absolute atomic E-state index is 12.3. The van der Waals surface area contributed by atoms with Crippen molar-refractivity contribution < 1.29 is 19.1 Å². The zero-order valence-corrected chi connectivity index (χ0v) is 17.6. The lowest BCUT2D eigenvalue weighted by Gasteiger charge is -2.02. The van der Waals surface area contributed by atoms with Gasteiger partial charge in [0.25, 0.3) is 11.9 Å². The molecule has 4 aromatic rings. The van der Waals surface area contributed by atoms with Crippen LogP contribution in [-0.4, -0.2) is 40.7 Å². The van der Waals surface area contributed by atoms with E-state index in [4.69, 9.17) is 4.74 Å². The van der Waals surface area contributed by atoms with E-state index >= 15 is 0 Å². The summed E-state index contributed by atoms with van der Waals surface area (Å²) < 4.78 is 11.5. The number of rotatable bonds is 6. The van der Waals surface area contributed by atoms with E-state index in [-0.39, 0.29) is 11.9 Å². The number of fused-ring (bicyclic) bond motifs is 1. The van der Waals surface area contributed by atoms with Gasteiger partial charge in [-0.05, 0) is 48.0 Å². The molecule has 0 unspecified atom stereocenters. The van der Waals surface area contributed by atoms with Gasteiger partial charge in [0.2, 0.25) is 4.96 Å². The van der Waals surface area contributed by atoms with Gasteiger partial charge in [0.05, 0.1) is 25.5 Å². The first-order valence-electron chi connectivity index (χ1n) is 9.23. The zero-order chi connectivity index (χ0) is 21.8. The number of nitrogens with zero attached hydrogens (tertiary/aromatic N) is 3. The van der Waals surface area contributed by atoms with Crippen LogP contribution in [-0.2, 0) is 9.53 Å². The smallest absolute Gasteiger partial charge is 0.337 e. The van der Waals surface area contributed by atoms with E-state index < -0.39 is 5.97 Å². The van der Waals surface area contributed by atoms with Crippen LogP contribution < -0.4 is 10.1 Å². The topological polar surface area (TPSA) is 94.8 Å². The average Bonchev–Trinajstić information content (AvgIpc) is 3.37. The Kier molecular flexibility index (Phi) is 5.76. The fourth-order valence-corrected chi connectivity index (χ4v) is 3.70. The first-order valence-corrected chi connectivity index (χ1v) is 10.1. The van der Waals surface area contributed by atoms with E-state index in [0.29, 0.717) is 10.5 Å². The summed E-state index contributed by atoms with van der Waals surface area (Å²) in [4.78, 5) is 28.8. The van der Waals surface area contributed by atoms with Crippen molar-refractivity contribution in [1.82, 2.24) is 14.6 Å². The first-order chi connectivity index (χ1) is 15.1. The minimum absolute atomic E-state index is 0.220. The van der Waals surface area contributed by atoms with Crippen molar-refractivity contribution in [2.75, 3.05) is 19.5 Å². The molecule has 2 heterocycles. The SMILES string of the molecule is COC(=O)c1ccc(/C=C/C(=O)Nc2nc3scc(-c4ccc(OC)cc4)n3n2)cc1. The predicted octanol–water partition coefficient (Wildman–Crippen LogP) is 3.90. The second kappa shape index (κ2) is 8.80. The van der Waals surface area contributed by atoms with Crippen LogP contribution in [0.2, 0.25) is 0 Å². The molecule has 0 aliphatic carbocycles. The normalized spacial score (nSPS) is 11.0. The van der Waals surface area contributed by atoms with Crippen LogP contribution in [0.1, 0.15) is 15.9 Å². The number of aromatic nitrogens is 3. The number of hydrogen-bond acceptors (Lipinski definition) is 7. The third-order valence-corrected chi connectivity index (χ3v) is 5.28. The standard InChI is InChI=1S/C22H18N4O4S/c1-29-17-10-8-15(9-11-17)18-13-31-22-24-21(25-26(18)22)23-19(27)12-5-14-3-6-16(7-4-14)20(28)30-2/h3-13H,1-2H3,(H,23,25,27)/b12-5+. The van der Waals surface area contributed by atoms with Crippen LogP contribution >= 0.6 is 11.3 Å². The largest absolute Gasteiger partial charge is 0.497 e. The molecule has 0 bridgehead atoms. The van der Waals surface area contributed by atoms with Crippen LogP contribution in [0.25, 0.3) is 22.3 Å². The lowest BCUT2D eigenvalue weighted by molar-refractivity contribution is -0.111. The Hall–Kier alpha value is -3.98. The highest BCUT2D eigenvalue weighted by Crippen LogP contribution is 2.27. The Labute approximate surface area is 181 Å². The lowest BCUT2D eigenvalue weighted by atomic mass is 10.1. The molecule has 9 heteroatoms. The minimum Gasteiger partial charge on any atom is -0.497 e. The van der Waals surface area contributed by atoms with Crippen molar-refractivity contribution in [3.8, 4) is 17.0 Å². The number of ether oxygens (including phenoxy) is 2. The van der Waals surface area contributed by atoms with Gasteiger partial charge in [-0.3, -0.25) is 10.1 Å². The number of carbonyl (C=O) groups excluding carboxylic acids is 2. The molecule has 4 rings (SSSR count). The molecule has 0 aliphatic rings. The van der Waals surface area contributed by atoms with E-state index in [0.717, 1.165) is 22.6 Å². The summed E-state index contributed by atoms with van der Waals surface area (Å²) in [6, 6.07) is 14.3. The Morgan fingerprint density at radius 2 is 1.81 bits per heavy atom. The molecular weight excluding hydrogens is 416 g/mol. The van der Waals surface area contributed by atoms with E-state index in [1.165, 1.54) is 24.5 Å². The minimum atomic E-state index is -0.409. The van der Waals surface area contributed by atoms with Gasteiger partial charge in [0, 0.05) is 17.0 Å². The summed E-state index contributed by atoms with van der Waals surface area (Å²) in [6.07, 6.45) is 3.02. The van der Waals surface area contributed by atoms with Gasteiger partial charge in [0.1, 0.15) is 5.75 Å². The maximum Gasteiger partial charge on any atom is 0.337 e. The van der Waals surface area contributed by atoms with Gasteiger partial charge in [-0.2, -0.15) is 4.98 Å². The van der Waals surface area contributed by atoms with Crippen molar-refractivity contribution in [3.05, 3.63) is 71.1 Å². The molecule has 31 heavy (non-hydrogen) atoms. The number of thiazole rings is 1. The zero-order valence-electron chi connectivity index (χ0n) is 16.7. The monoisotopic (exact) mass is 434 g/mol. The molecule has 0 spiro atoms. The summed E-state index contributed by atoms with van der Waals surface area (Å²) >= 11 is 1.43. The molecule has 8 nitrogen and oxygen atoms in total. The average molecular weight is 434 g/mol. The number of benzene rings is 2. The van der Waals surface area contributed by atoms with E-state index in [1.807, 2.05) is 29.6 Å². The molecule has 1 N–H and O–H groups in total. The Balaban J connectivity index is 1.46. The quantitative estimate of drug-likeness (QED) is 0.365. The number of methoxy groups -OCH3 is 2. The molecule has 1 amide bonds. The third kappa shape index (κ3) is 4.46. The first kappa shape index (κ1) is 20.3. The van der Waals surface area contributed by atoms with Crippen molar-refractivity contribution >= 4 is 40.2 Å². The maximum atomic E-state index is 12.3. The van der Waals surface area contributed by atoms with Gasteiger partial charge >= 0.3 is 5.97 Å². The fourth-order valence-electron chi connectivity index (χ4n) is 2.87. The number of carbonyl (C=O) groups is 2. The van der Waals surface area contributed by atoms with Gasteiger partial charge in [-0.25, -0.2) is 9.31 Å². The van der Waals surface area contributed by atoms with Crippen LogP contribution in [0.4, 0.5) is 5.95 Å². The lowest BCUT2D eigenvalue weighted by Crippen LogP contribution is -2.09. The van der Waals surface area contributed by atoms with Crippen molar-refractivity contribution in [2.45, 2.75) is 0 Å².